The van der Waals surface area contributed by atoms with Gasteiger partial charge in [-0.2, -0.15) is 0 Å². The Hall–Kier alpha value is -2.62. The largest absolute Gasteiger partial charge is 0.451 e. The van der Waals surface area contributed by atoms with E-state index < -0.39 is 5.54 Å². The molecule has 4 rings (SSSR count). The third-order valence-electron chi connectivity index (χ3n) is 4.86. The number of carbonyl (C=O) groups is 1. The number of hydrogen-bond donors (Lipinski definition) is 1. The van der Waals surface area contributed by atoms with Crippen LogP contribution >= 0.6 is 0 Å². The van der Waals surface area contributed by atoms with E-state index in [1.165, 1.54) is 12.1 Å². The van der Waals surface area contributed by atoms with Gasteiger partial charge >= 0.3 is 0 Å². The summed E-state index contributed by atoms with van der Waals surface area (Å²) in [4.78, 5) is 12.7. The van der Waals surface area contributed by atoms with Crippen LogP contribution in [0.4, 0.5) is 4.39 Å². The minimum atomic E-state index is -0.441. The molecule has 1 aliphatic carbocycles. The van der Waals surface area contributed by atoms with Gasteiger partial charge in [0.05, 0.1) is 5.54 Å². The van der Waals surface area contributed by atoms with Crippen LogP contribution in [0.3, 0.4) is 0 Å². The van der Waals surface area contributed by atoms with Gasteiger partial charge in [-0.05, 0) is 42.7 Å². The fourth-order valence-electron chi connectivity index (χ4n) is 3.61. The molecule has 1 fully saturated rings. The van der Waals surface area contributed by atoms with Crippen LogP contribution in [-0.2, 0) is 5.54 Å². The van der Waals surface area contributed by atoms with E-state index in [9.17, 15) is 9.18 Å². The predicted molar refractivity (Wildman–Crippen MR) is 90.2 cm³/mol. The van der Waals surface area contributed by atoms with E-state index >= 15 is 0 Å². The number of rotatable bonds is 3. The van der Waals surface area contributed by atoms with Crippen molar-refractivity contribution in [1.29, 1.82) is 0 Å². The number of para-hydroxylation sites is 1. The first-order valence-corrected chi connectivity index (χ1v) is 8.23. The normalized spacial score (nSPS) is 16.4. The van der Waals surface area contributed by atoms with Crippen LogP contribution in [-0.4, -0.2) is 5.91 Å². The summed E-state index contributed by atoms with van der Waals surface area (Å²) in [6, 6.07) is 15.7. The highest BCUT2D eigenvalue weighted by Crippen LogP contribution is 2.39. The Kier molecular flexibility index (Phi) is 3.60. The van der Waals surface area contributed by atoms with Gasteiger partial charge in [0.1, 0.15) is 11.4 Å². The summed E-state index contributed by atoms with van der Waals surface area (Å²) in [5.41, 5.74) is 1.21. The first-order valence-electron chi connectivity index (χ1n) is 8.23. The van der Waals surface area contributed by atoms with Gasteiger partial charge in [-0.25, -0.2) is 4.39 Å². The molecule has 1 aliphatic rings. The molecule has 4 heteroatoms. The number of hydrogen-bond acceptors (Lipinski definition) is 2. The zero-order valence-electron chi connectivity index (χ0n) is 13.2. The maximum absolute atomic E-state index is 13.2. The molecule has 1 amide bonds. The number of fused-ring (bicyclic) bond motifs is 1. The maximum atomic E-state index is 13.2. The van der Waals surface area contributed by atoms with Gasteiger partial charge in [0.2, 0.25) is 0 Å². The van der Waals surface area contributed by atoms with E-state index in [-0.39, 0.29) is 11.7 Å². The Morgan fingerprint density at radius 3 is 2.46 bits per heavy atom. The molecule has 1 heterocycles. The molecule has 24 heavy (non-hydrogen) atoms. The predicted octanol–water partition coefficient (Wildman–Crippen LogP) is 4.77. The van der Waals surface area contributed by atoms with E-state index in [0.29, 0.717) is 11.3 Å². The number of furan rings is 1. The fourth-order valence-corrected chi connectivity index (χ4v) is 3.61. The van der Waals surface area contributed by atoms with Crippen LogP contribution in [0.5, 0.6) is 0 Å². The lowest BCUT2D eigenvalue weighted by atomic mass is 9.88. The number of amides is 1. The van der Waals surface area contributed by atoms with E-state index in [4.69, 9.17) is 4.42 Å². The Labute approximate surface area is 139 Å². The van der Waals surface area contributed by atoms with Crippen LogP contribution < -0.4 is 5.32 Å². The summed E-state index contributed by atoms with van der Waals surface area (Å²) in [5, 5.41) is 4.06. The topological polar surface area (TPSA) is 42.2 Å². The highest BCUT2D eigenvalue weighted by molar-refractivity contribution is 5.96. The number of carbonyl (C=O) groups excluding carboxylic acids is 1. The molecule has 3 nitrogen and oxygen atoms in total. The molecule has 1 aromatic heterocycles. The molecule has 0 spiro atoms. The SMILES string of the molecule is O=C(NC1(c2ccc(F)cc2)CCCC1)c1cc2ccccc2o1. The standard InChI is InChI=1S/C20H18FNO2/c21-16-9-7-15(8-10-16)20(11-3-4-12-20)22-19(23)18-13-14-5-1-2-6-17(14)24-18/h1-2,5-10,13H,3-4,11-12H2,(H,22,23). The smallest absolute Gasteiger partial charge is 0.287 e. The second-order valence-electron chi connectivity index (χ2n) is 6.40. The van der Waals surface area contributed by atoms with Crippen LogP contribution in [0.25, 0.3) is 11.0 Å². The van der Waals surface area contributed by atoms with Crippen LogP contribution in [0.1, 0.15) is 41.8 Å². The Bertz CT molecular complexity index is 843. The zero-order valence-corrected chi connectivity index (χ0v) is 13.2. The monoisotopic (exact) mass is 323 g/mol. The molecular formula is C20H18FNO2. The summed E-state index contributed by atoms with van der Waals surface area (Å²) in [7, 11) is 0. The molecular weight excluding hydrogens is 305 g/mol. The quantitative estimate of drug-likeness (QED) is 0.754. The molecule has 0 radical (unpaired) electrons. The number of halogens is 1. The lowest BCUT2D eigenvalue weighted by Crippen LogP contribution is -2.43. The second-order valence-corrected chi connectivity index (χ2v) is 6.40. The minimum absolute atomic E-state index is 0.225. The number of nitrogens with one attached hydrogen (secondary N) is 1. The lowest BCUT2D eigenvalue weighted by molar-refractivity contribution is 0.0871. The molecule has 0 saturated heterocycles. The molecule has 1 N–H and O–H groups in total. The van der Waals surface area contributed by atoms with Crippen LogP contribution in [0, 0.1) is 5.82 Å². The highest BCUT2D eigenvalue weighted by Gasteiger charge is 2.37. The van der Waals surface area contributed by atoms with Gasteiger partial charge in [-0.1, -0.05) is 43.2 Å². The van der Waals surface area contributed by atoms with Crippen molar-refractivity contribution >= 4 is 16.9 Å². The van der Waals surface area contributed by atoms with E-state index in [1.807, 2.05) is 24.3 Å². The minimum Gasteiger partial charge on any atom is -0.451 e. The highest BCUT2D eigenvalue weighted by atomic mass is 19.1. The average molecular weight is 323 g/mol. The molecule has 0 unspecified atom stereocenters. The van der Waals surface area contributed by atoms with Gasteiger partial charge in [-0.3, -0.25) is 4.79 Å². The van der Waals surface area contributed by atoms with Crippen molar-refractivity contribution in [3.05, 3.63) is 71.7 Å². The molecule has 122 valence electrons. The lowest BCUT2D eigenvalue weighted by Gasteiger charge is -2.30. The first kappa shape index (κ1) is 14.9. The molecule has 0 aliphatic heterocycles. The second kappa shape index (κ2) is 5.78. The van der Waals surface area contributed by atoms with Gasteiger partial charge in [0, 0.05) is 5.39 Å². The van der Waals surface area contributed by atoms with Gasteiger partial charge in [0.15, 0.2) is 5.76 Å². The van der Waals surface area contributed by atoms with Gasteiger partial charge in [0.25, 0.3) is 5.91 Å². The first-order chi connectivity index (χ1) is 11.7. The van der Waals surface area contributed by atoms with Crippen molar-refractivity contribution in [3.63, 3.8) is 0 Å². The Morgan fingerprint density at radius 1 is 1.04 bits per heavy atom. The van der Waals surface area contributed by atoms with Crippen molar-refractivity contribution < 1.29 is 13.6 Å². The van der Waals surface area contributed by atoms with E-state index in [1.54, 1.807) is 18.2 Å². The maximum Gasteiger partial charge on any atom is 0.287 e. The molecule has 0 atom stereocenters. The van der Waals surface area contributed by atoms with Gasteiger partial charge in [-0.15, -0.1) is 0 Å². The van der Waals surface area contributed by atoms with Crippen LogP contribution in [0.2, 0.25) is 0 Å². The Morgan fingerprint density at radius 2 is 1.75 bits per heavy atom. The Balaban J connectivity index is 1.65. The third kappa shape index (κ3) is 2.58. The van der Waals surface area contributed by atoms with E-state index in [2.05, 4.69) is 5.32 Å². The summed E-state index contributed by atoms with van der Waals surface area (Å²) in [5.74, 6) is -0.183. The third-order valence-corrected chi connectivity index (χ3v) is 4.86. The summed E-state index contributed by atoms with van der Waals surface area (Å²) in [6.07, 6.45) is 3.78. The van der Waals surface area contributed by atoms with Crippen molar-refractivity contribution in [2.45, 2.75) is 31.2 Å². The zero-order chi connectivity index (χ0) is 16.6. The number of benzene rings is 2. The van der Waals surface area contributed by atoms with E-state index in [0.717, 1.165) is 36.6 Å². The molecule has 1 saturated carbocycles. The van der Waals surface area contributed by atoms with Crippen molar-refractivity contribution in [1.82, 2.24) is 5.32 Å². The van der Waals surface area contributed by atoms with Crippen molar-refractivity contribution in [3.8, 4) is 0 Å². The fraction of sp³-hybridized carbons (Fsp3) is 0.250. The summed E-state index contributed by atoms with van der Waals surface area (Å²) >= 11 is 0. The summed E-state index contributed by atoms with van der Waals surface area (Å²) < 4.78 is 18.9. The van der Waals surface area contributed by atoms with Crippen LogP contribution in [0.15, 0.2) is 59.0 Å². The van der Waals surface area contributed by atoms with Gasteiger partial charge < -0.3 is 9.73 Å². The molecule has 3 aromatic rings. The molecule has 2 aromatic carbocycles. The molecule has 0 bridgehead atoms. The van der Waals surface area contributed by atoms with Crippen molar-refractivity contribution in [2.24, 2.45) is 0 Å². The summed E-state index contributed by atoms with van der Waals surface area (Å²) in [6.45, 7) is 0. The average Bonchev–Trinajstić information content (AvgIpc) is 3.22. The van der Waals surface area contributed by atoms with Crippen molar-refractivity contribution in [2.75, 3.05) is 0 Å².